The van der Waals surface area contributed by atoms with Gasteiger partial charge >= 0.3 is 0 Å². The van der Waals surface area contributed by atoms with E-state index in [0.29, 0.717) is 26.1 Å². The van der Waals surface area contributed by atoms with Crippen molar-refractivity contribution in [3.8, 4) is 0 Å². The molecule has 6 heteroatoms. The van der Waals surface area contributed by atoms with E-state index in [-0.39, 0.29) is 11.7 Å². The maximum atomic E-state index is 13.0. The monoisotopic (exact) mass is 352 g/mol. The quantitative estimate of drug-likeness (QED) is 0.725. The molecule has 1 aromatic heterocycles. The van der Waals surface area contributed by atoms with Crippen molar-refractivity contribution in [2.45, 2.75) is 13.0 Å². The Morgan fingerprint density at radius 1 is 1.00 bits per heavy atom. The second kappa shape index (κ2) is 7.15. The van der Waals surface area contributed by atoms with Gasteiger partial charge < -0.3 is 14.4 Å². The summed E-state index contributed by atoms with van der Waals surface area (Å²) in [5, 5.41) is 0. The van der Waals surface area contributed by atoms with Crippen LogP contribution in [0.2, 0.25) is 0 Å². The number of carbonyl (C=O) groups excluding carboxylic acids is 1. The molecule has 0 N–H and O–H groups in total. The summed E-state index contributed by atoms with van der Waals surface area (Å²) < 4.78 is 15.1. The number of rotatable bonds is 4. The van der Waals surface area contributed by atoms with Gasteiger partial charge in [-0.3, -0.25) is 4.79 Å². The number of hydrogen-bond donors (Lipinski definition) is 0. The summed E-state index contributed by atoms with van der Waals surface area (Å²) in [6.07, 6.45) is 2.27. The number of aryl methyl sites for hydroxylation is 1. The van der Waals surface area contributed by atoms with E-state index in [4.69, 9.17) is 0 Å². The maximum absolute atomic E-state index is 13.0. The van der Waals surface area contributed by atoms with E-state index in [1.54, 1.807) is 18.5 Å². The number of anilines is 1. The molecule has 0 unspecified atom stereocenters. The molecule has 0 saturated carbocycles. The Morgan fingerprint density at radius 2 is 1.73 bits per heavy atom. The zero-order chi connectivity index (χ0) is 17.9. The number of nitrogens with zero attached hydrogens (tertiary/aromatic N) is 4. The number of aromatic nitrogens is 2. The summed E-state index contributed by atoms with van der Waals surface area (Å²) in [7, 11) is 0. The normalized spacial score (nSPS) is 14.8. The number of halogens is 1. The Morgan fingerprint density at radius 3 is 2.50 bits per heavy atom. The highest BCUT2D eigenvalue weighted by atomic mass is 19.1. The van der Waals surface area contributed by atoms with E-state index in [9.17, 15) is 9.18 Å². The number of piperazine rings is 1. The Bertz CT molecular complexity index is 898. The highest BCUT2D eigenvalue weighted by Crippen LogP contribution is 2.18. The maximum Gasteiger partial charge on any atom is 0.224 e. The predicted molar refractivity (Wildman–Crippen MR) is 99.5 cm³/mol. The average Bonchev–Trinajstić information content (AvgIpc) is 3.10. The van der Waals surface area contributed by atoms with Crippen molar-refractivity contribution in [2.75, 3.05) is 31.1 Å². The van der Waals surface area contributed by atoms with E-state index in [1.807, 2.05) is 33.7 Å². The summed E-state index contributed by atoms with van der Waals surface area (Å²) in [6.45, 7) is 3.57. The molecule has 5 nitrogen and oxygen atoms in total. The summed E-state index contributed by atoms with van der Waals surface area (Å²) >= 11 is 0. The van der Waals surface area contributed by atoms with Crippen molar-refractivity contribution in [1.82, 2.24) is 14.5 Å². The molecule has 0 bridgehead atoms. The molecule has 26 heavy (non-hydrogen) atoms. The SMILES string of the molecule is O=C(CCn1cnc2ccccc21)N1CCN(c2ccc(F)cc2)CC1. The number of carbonyl (C=O) groups is 1. The molecule has 0 spiro atoms. The fourth-order valence-corrected chi connectivity index (χ4v) is 3.43. The lowest BCUT2D eigenvalue weighted by Gasteiger charge is -2.36. The predicted octanol–water partition coefficient (Wildman–Crippen LogP) is 2.91. The lowest BCUT2D eigenvalue weighted by Crippen LogP contribution is -2.48. The summed E-state index contributed by atoms with van der Waals surface area (Å²) in [5.41, 5.74) is 3.01. The fourth-order valence-electron chi connectivity index (χ4n) is 3.43. The van der Waals surface area contributed by atoms with Crippen LogP contribution < -0.4 is 4.90 Å². The summed E-state index contributed by atoms with van der Waals surface area (Å²) in [5.74, 6) is -0.0591. The minimum Gasteiger partial charge on any atom is -0.368 e. The van der Waals surface area contributed by atoms with Crippen LogP contribution in [0.15, 0.2) is 54.9 Å². The van der Waals surface area contributed by atoms with Crippen molar-refractivity contribution in [3.05, 3.63) is 60.7 Å². The van der Waals surface area contributed by atoms with Gasteiger partial charge in [-0.25, -0.2) is 9.37 Å². The lowest BCUT2D eigenvalue weighted by molar-refractivity contribution is -0.131. The summed E-state index contributed by atoms with van der Waals surface area (Å²) in [6, 6.07) is 14.5. The van der Waals surface area contributed by atoms with Crippen molar-refractivity contribution in [3.63, 3.8) is 0 Å². The second-order valence-corrected chi connectivity index (χ2v) is 6.52. The van der Waals surface area contributed by atoms with Crippen LogP contribution >= 0.6 is 0 Å². The van der Waals surface area contributed by atoms with Gasteiger partial charge in [-0.15, -0.1) is 0 Å². The molecule has 134 valence electrons. The molecule has 0 atom stereocenters. The lowest BCUT2D eigenvalue weighted by atomic mass is 10.2. The average molecular weight is 352 g/mol. The van der Waals surface area contributed by atoms with Gasteiger partial charge in [-0.05, 0) is 36.4 Å². The molecule has 1 saturated heterocycles. The van der Waals surface area contributed by atoms with Gasteiger partial charge in [0, 0.05) is 44.8 Å². The van der Waals surface area contributed by atoms with Gasteiger partial charge in [0.1, 0.15) is 5.82 Å². The van der Waals surface area contributed by atoms with E-state index >= 15 is 0 Å². The number of imidazole rings is 1. The third kappa shape index (κ3) is 3.40. The van der Waals surface area contributed by atoms with Gasteiger partial charge in [0.15, 0.2) is 0 Å². The zero-order valence-electron chi connectivity index (χ0n) is 14.5. The third-order valence-corrected chi connectivity index (χ3v) is 4.92. The van der Waals surface area contributed by atoms with E-state index in [0.717, 1.165) is 29.8 Å². The number of benzene rings is 2. The van der Waals surface area contributed by atoms with Crippen LogP contribution in [-0.2, 0) is 11.3 Å². The second-order valence-electron chi connectivity index (χ2n) is 6.52. The minimum absolute atomic E-state index is 0.168. The first kappa shape index (κ1) is 16.6. The van der Waals surface area contributed by atoms with Crippen molar-refractivity contribution < 1.29 is 9.18 Å². The van der Waals surface area contributed by atoms with Crippen LogP contribution in [0.4, 0.5) is 10.1 Å². The van der Waals surface area contributed by atoms with Gasteiger partial charge in [0.25, 0.3) is 0 Å². The Balaban J connectivity index is 1.31. The smallest absolute Gasteiger partial charge is 0.224 e. The molecule has 1 aliphatic heterocycles. The van der Waals surface area contributed by atoms with Crippen LogP contribution in [-0.4, -0.2) is 46.5 Å². The largest absolute Gasteiger partial charge is 0.368 e. The molecular formula is C20H21FN4O. The van der Waals surface area contributed by atoms with Crippen LogP contribution in [0.3, 0.4) is 0 Å². The van der Waals surface area contributed by atoms with Gasteiger partial charge in [-0.1, -0.05) is 12.1 Å². The first-order chi connectivity index (χ1) is 12.7. The third-order valence-electron chi connectivity index (χ3n) is 4.92. The van der Waals surface area contributed by atoms with Crippen LogP contribution in [0.1, 0.15) is 6.42 Å². The summed E-state index contributed by atoms with van der Waals surface area (Å²) in [4.78, 5) is 21.0. The molecule has 4 rings (SSSR count). The van der Waals surface area contributed by atoms with Crippen LogP contribution in [0.25, 0.3) is 11.0 Å². The molecule has 1 fully saturated rings. The van der Waals surface area contributed by atoms with Crippen LogP contribution in [0, 0.1) is 5.82 Å². The first-order valence-electron chi connectivity index (χ1n) is 8.89. The molecule has 0 aliphatic carbocycles. The number of amides is 1. The molecule has 1 amide bonds. The molecule has 3 aromatic rings. The molecule has 1 aliphatic rings. The Labute approximate surface area is 151 Å². The van der Waals surface area contributed by atoms with Gasteiger partial charge in [-0.2, -0.15) is 0 Å². The highest BCUT2D eigenvalue weighted by Gasteiger charge is 2.21. The zero-order valence-corrected chi connectivity index (χ0v) is 14.5. The van der Waals surface area contributed by atoms with Crippen LogP contribution in [0.5, 0.6) is 0 Å². The van der Waals surface area contributed by atoms with E-state index in [1.165, 1.54) is 12.1 Å². The molecule has 0 radical (unpaired) electrons. The van der Waals surface area contributed by atoms with E-state index in [2.05, 4.69) is 9.88 Å². The van der Waals surface area contributed by atoms with Gasteiger partial charge in [0.2, 0.25) is 5.91 Å². The first-order valence-corrected chi connectivity index (χ1v) is 8.89. The molecular weight excluding hydrogens is 331 g/mol. The topological polar surface area (TPSA) is 41.4 Å². The highest BCUT2D eigenvalue weighted by molar-refractivity contribution is 5.78. The molecule has 2 aromatic carbocycles. The van der Waals surface area contributed by atoms with Gasteiger partial charge in [0.05, 0.1) is 17.4 Å². The van der Waals surface area contributed by atoms with Crippen molar-refractivity contribution in [2.24, 2.45) is 0 Å². The Kier molecular flexibility index (Phi) is 4.56. The van der Waals surface area contributed by atoms with Crippen molar-refractivity contribution >= 4 is 22.6 Å². The standard InChI is InChI=1S/C20H21FN4O/c21-16-5-7-17(8-6-16)23-11-13-24(14-12-23)20(26)9-10-25-15-22-18-3-1-2-4-19(18)25/h1-8,15H,9-14H2. The number of fused-ring (bicyclic) bond motifs is 1. The Hall–Kier alpha value is -2.89. The van der Waals surface area contributed by atoms with E-state index < -0.39 is 0 Å². The minimum atomic E-state index is -0.227. The fraction of sp³-hybridized carbons (Fsp3) is 0.300. The molecule has 2 heterocycles. The number of hydrogen-bond acceptors (Lipinski definition) is 3. The number of para-hydroxylation sites is 2. The van der Waals surface area contributed by atoms with Crippen molar-refractivity contribution in [1.29, 1.82) is 0 Å².